The second kappa shape index (κ2) is 12.0. The fourth-order valence-corrected chi connectivity index (χ4v) is 4.19. The molecule has 0 aliphatic heterocycles. The number of benzene rings is 2. The number of thiazole rings is 1. The fourth-order valence-electron chi connectivity index (χ4n) is 3.12. The highest BCUT2D eigenvalue weighted by molar-refractivity contribution is 7.07. The number of methoxy groups -OCH3 is 1. The topological polar surface area (TPSA) is 64.8 Å². The summed E-state index contributed by atoms with van der Waals surface area (Å²) in [6.45, 7) is 1.43. The van der Waals surface area contributed by atoms with E-state index in [-0.39, 0.29) is 18.3 Å². The van der Waals surface area contributed by atoms with Crippen LogP contribution < -0.4 is 14.9 Å². The predicted octanol–water partition coefficient (Wildman–Crippen LogP) is 5.02. The summed E-state index contributed by atoms with van der Waals surface area (Å²) in [6.07, 6.45) is -4.12. The third kappa shape index (κ3) is 7.89. The summed E-state index contributed by atoms with van der Waals surface area (Å²) in [4.78, 5) is 17.1. The molecular weight excluding hydrogens is 491 g/mol. The van der Waals surface area contributed by atoms with Gasteiger partial charge in [0.25, 0.3) is 0 Å². The molecule has 0 saturated heterocycles. The van der Waals surface area contributed by atoms with Gasteiger partial charge in [0.15, 0.2) is 4.80 Å². The molecule has 0 aliphatic carbocycles. The van der Waals surface area contributed by atoms with E-state index in [9.17, 15) is 18.0 Å². The minimum atomic E-state index is -4.75. The Hall–Kier alpha value is -2.82. The lowest BCUT2D eigenvalue weighted by atomic mass is 10.1. The van der Waals surface area contributed by atoms with Gasteiger partial charge in [-0.3, -0.25) is 9.79 Å². The van der Waals surface area contributed by atoms with Gasteiger partial charge in [0, 0.05) is 30.6 Å². The molecule has 1 heterocycles. The molecule has 0 bridgehead atoms. The monoisotopic (exact) mass is 513 g/mol. The predicted molar refractivity (Wildman–Crippen MR) is 125 cm³/mol. The van der Waals surface area contributed by atoms with E-state index in [0.717, 1.165) is 21.6 Å². The number of halogens is 4. The van der Waals surface area contributed by atoms with Gasteiger partial charge in [-0.2, -0.15) is 0 Å². The van der Waals surface area contributed by atoms with Crippen molar-refractivity contribution < 1.29 is 27.4 Å². The zero-order chi connectivity index (χ0) is 24.6. The van der Waals surface area contributed by atoms with Crippen LogP contribution >= 0.6 is 22.9 Å². The molecular formula is C23H23ClF3N3O3S. The van der Waals surface area contributed by atoms with Crippen LogP contribution in [0, 0.1) is 0 Å². The second-order valence-corrected chi connectivity index (χ2v) is 8.48. The highest BCUT2D eigenvalue weighted by Gasteiger charge is 2.31. The maximum atomic E-state index is 12.5. The van der Waals surface area contributed by atoms with Crippen LogP contribution in [0.2, 0.25) is 5.02 Å². The molecule has 1 aromatic heterocycles. The number of hydrogen-bond acceptors (Lipinski definition) is 5. The SMILES string of the molecule is COCC(=O)NCCCn1c(-c2ccc(OC(F)(F)F)cc2)cs/c1=N\Cc1ccc(Cl)cc1. The number of nitrogens with one attached hydrogen (secondary N) is 1. The summed E-state index contributed by atoms with van der Waals surface area (Å²) in [5.74, 6) is -0.488. The molecule has 0 unspecified atom stereocenters. The van der Waals surface area contributed by atoms with Crippen molar-refractivity contribution in [1.29, 1.82) is 0 Å². The molecule has 1 amide bonds. The van der Waals surface area contributed by atoms with Crippen LogP contribution in [0.4, 0.5) is 13.2 Å². The highest BCUT2D eigenvalue weighted by Crippen LogP contribution is 2.27. The summed E-state index contributed by atoms with van der Waals surface area (Å²) in [5, 5.41) is 5.33. The number of aromatic nitrogens is 1. The first-order valence-electron chi connectivity index (χ1n) is 10.3. The van der Waals surface area contributed by atoms with Crippen molar-refractivity contribution in [3.8, 4) is 17.0 Å². The molecule has 0 saturated carbocycles. The average Bonchev–Trinajstić information content (AvgIpc) is 3.18. The maximum Gasteiger partial charge on any atom is 0.573 e. The fraction of sp³-hybridized carbons (Fsp3) is 0.304. The molecule has 11 heteroatoms. The molecule has 3 aromatic rings. The van der Waals surface area contributed by atoms with Crippen molar-refractivity contribution in [3.05, 3.63) is 69.3 Å². The minimum Gasteiger partial charge on any atom is -0.406 e. The van der Waals surface area contributed by atoms with E-state index in [1.54, 1.807) is 24.3 Å². The van der Waals surface area contributed by atoms with Gasteiger partial charge >= 0.3 is 6.36 Å². The van der Waals surface area contributed by atoms with Crippen molar-refractivity contribution in [2.24, 2.45) is 4.99 Å². The number of nitrogens with zero attached hydrogens (tertiary/aromatic N) is 2. The summed E-state index contributed by atoms with van der Waals surface area (Å²) >= 11 is 7.37. The Morgan fingerprint density at radius 1 is 1.15 bits per heavy atom. The Kier molecular flexibility index (Phi) is 9.14. The summed E-state index contributed by atoms with van der Waals surface area (Å²) in [7, 11) is 1.45. The lowest BCUT2D eigenvalue weighted by Gasteiger charge is -2.12. The van der Waals surface area contributed by atoms with Gasteiger partial charge in [-0.05, 0) is 53.9 Å². The second-order valence-electron chi connectivity index (χ2n) is 7.21. The number of alkyl halides is 3. The van der Waals surface area contributed by atoms with Crippen LogP contribution in [0.5, 0.6) is 5.75 Å². The van der Waals surface area contributed by atoms with Crippen LogP contribution in [0.3, 0.4) is 0 Å². The van der Waals surface area contributed by atoms with E-state index < -0.39 is 6.36 Å². The lowest BCUT2D eigenvalue weighted by molar-refractivity contribution is -0.274. The molecule has 2 aromatic carbocycles. The van der Waals surface area contributed by atoms with Crippen molar-refractivity contribution in [2.75, 3.05) is 20.3 Å². The van der Waals surface area contributed by atoms with E-state index in [4.69, 9.17) is 21.3 Å². The van der Waals surface area contributed by atoms with E-state index >= 15 is 0 Å². The third-order valence-electron chi connectivity index (χ3n) is 4.65. The van der Waals surface area contributed by atoms with Crippen LogP contribution in [0.25, 0.3) is 11.3 Å². The van der Waals surface area contributed by atoms with E-state index in [0.29, 0.717) is 31.1 Å². The van der Waals surface area contributed by atoms with E-state index in [1.165, 1.54) is 30.6 Å². The highest BCUT2D eigenvalue weighted by atomic mass is 35.5. The quantitative estimate of drug-likeness (QED) is 0.387. The third-order valence-corrected chi connectivity index (χ3v) is 5.80. The number of amides is 1. The molecule has 0 spiro atoms. The largest absolute Gasteiger partial charge is 0.573 e. The summed E-state index contributed by atoms with van der Waals surface area (Å²) in [5.41, 5.74) is 2.52. The molecule has 0 aliphatic rings. The number of ether oxygens (including phenoxy) is 2. The van der Waals surface area contributed by atoms with Gasteiger partial charge in [0.2, 0.25) is 5.91 Å². The molecule has 3 rings (SSSR count). The normalized spacial score (nSPS) is 12.1. The zero-order valence-corrected chi connectivity index (χ0v) is 19.8. The molecule has 182 valence electrons. The maximum absolute atomic E-state index is 12.5. The molecule has 1 N–H and O–H groups in total. The first-order valence-corrected chi connectivity index (χ1v) is 11.6. The van der Waals surface area contributed by atoms with Crippen molar-refractivity contribution in [1.82, 2.24) is 9.88 Å². The average molecular weight is 514 g/mol. The van der Waals surface area contributed by atoms with Gasteiger partial charge < -0.3 is 19.4 Å². The Labute approximate surface area is 203 Å². The number of carbonyl (C=O) groups excluding carboxylic acids is 1. The van der Waals surface area contributed by atoms with Gasteiger partial charge in [-0.15, -0.1) is 24.5 Å². The minimum absolute atomic E-state index is 0.00906. The van der Waals surface area contributed by atoms with Crippen LogP contribution in [-0.2, 0) is 22.6 Å². The van der Waals surface area contributed by atoms with Gasteiger partial charge in [0.1, 0.15) is 12.4 Å². The summed E-state index contributed by atoms with van der Waals surface area (Å²) in [6, 6.07) is 13.1. The molecule has 34 heavy (non-hydrogen) atoms. The molecule has 6 nitrogen and oxygen atoms in total. The number of rotatable bonds is 10. The number of hydrogen-bond donors (Lipinski definition) is 1. The van der Waals surface area contributed by atoms with Crippen molar-refractivity contribution in [3.63, 3.8) is 0 Å². The van der Waals surface area contributed by atoms with Crippen LogP contribution in [-0.4, -0.2) is 37.1 Å². The van der Waals surface area contributed by atoms with Gasteiger partial charge in [0.05, 0.1) is 12.2 Å². The molecule has 0 fully saturated rings. The van der Waals surface area contributed by atoms with Crippen LogP contribution in [0.15, 0.2) is 58.9 Å². The van der Waals surface area contributed by atoms with Crippen LogP contribution in [0.1, 0.15) is 12.0 Å². The van der Waals surface area contributed by atoms with E-state index in [2.05, 4.69) is 10.1 Å². The first-order chi connectivity index (χ1) is 16.2. The Balaban J connectivity index is 1.82. The molecule has 0 atom stereocenters. The first kappa shape index (κ1) is 25.8. The Morgan fingerprint density at radius 3 is 2.50 bits per heavy atom. The zero-order valence-electron chi connectivity index (χ0n) is 18.3. The van der Waals surface area contributed by atoms with Gasteiger partial charge in [-0.25, -0.2) is 0 Å². The van der Waals surface area contributed by atoms with Gasteiger partial charge in [-0.1, -0.05) is 23.7 Å². The Bertz CT molecular complexity index is 1140. The molecule has 0 radical (unpaired) electrons. The smallest absolute Gasteiger partial charge is 0.406 e. The van der Waals surface area contributed by atoms with E-state index in [1.807, 2.05) is 22.1 Å². The van der Waals surface area contributed by atoms with Crippen molar-refractivity contribution in [2.45, 2.75) is 25.9 Å². The lowest BCUT2D eigenvalue weighted by Crippen LogP contribution is -2.29. The Morgan fingerprint density at radius 2 is 1.85 bits per heavy atom. The number of carbonyl (C=O) groups is 1. The summed E-state index contributed by atoms with van der Waals surface area (Å²) < 4.78 is 48.2. The standard InChI is InChI=1S/C23H23ClF3N3O3S/c1-32-14-21(31)28-11-2-12-30-20(17-5-9-19(10-6-17)33-23(25,26)27)15-34-22(30)29-13-16-3-7-18(24)8-4-16/h3-10,15H,2,11-14H2,1H3,(H,28,31)/b29-22-. The van der Waals surface area contributed by atoms with Crippen molar-refractivity contribution >= 4 is 28.8 Å².